The van der Waals surface area contributed by atoms with Crippen LogP contribution >= 0.6 is 0 Å². The second-order valence-electron chi connectivity index (χ2n) is 7.23. The highest BCUT2D eigenvalue weighted by molar-refractivity contribution is 5.53. The smallest absolute Gasteiger partial charge is 0.389 e. The fraction of sp³-hybridized carbons (Fsp3) is 0.706. The molecule has 1 aromatic rings. The van der Waals surface area contributed by atoms with Gasteiger partial charge in [0, 0.05) is 38.4 Å². The number of pyridine rings is 1. The minimum absolute atomic E-state index is 0.0877. The maximum atomic E-state index is 13.2. The van der Waals surface area contributed by atoms with Gasteiger partial charge in [0.2, 0.25) is 0 Å². The van der Waals surface area contributed by atoms with Crippen molar-refractivity contribution >= 4 is 5.69 Å². The van der Waals surface area contributed by atoms with Crippen molar-refractivity contribution in [2.24, 2.45) is 5.92 Å². The van der Waals surface area contributed by atoms with Crippen LogP contribution < -0.4 is 4.90 Å². The number of hydrogen-bond acceptors (Lipinski definition) is 6. The summed E-state index contributed by atoms with van der Waals surface area (Å²) >= 11 is 0. The van der Waals surface area contributed by atoms with Crippen molar-refractivity contribution in [1.82, 2.24) is 9.88 Å². The third-order valence-electron chi connectivity index (χ3n) is 5.46. The van der Waals surface area contributed by atoms with Crippen LogP contribution in [0.25, 0.3) is 0 Å². The molecule has 3 rings (SSSR count). The maximum absolute atomic E-state index is 13.2. The molecule has 9 heteroatoms. The van der Waals surface area contributed by atoms with Crippen LogP contribution in [0, 0.1) is 5.92 Å². The van der Waals surface area contributed by atoms with Crippen LogP contribution in [0.15, 0.2) is 18.5 Å². The normalized spacial score (nSPS) is 33.7. The summed E-state index contributed by atoms with van der Waals surface area (Å²) in [6.45, 7) is 3.49. The summed E-state index contributed by atoms with van der Waals surface area (Å²) in [5.74, 6) is 0.105. The predicted octanol–water partition coefficient (Wildman–Crippen LogP) is 0.714. The van der Waals surface area contributed by atoms with Crippen molar-refractivity contribution in [2.45, 2.75) is 43.9 Å². The molecule has 0 unspecified atom stereocenters. The van der Waals surface area contributed by atoms with Crippen LogP contribution in [-0.2, 0) is 6.18 Å². The number of aliphatic hydroxyl groups excluding tert-OH is 3. The van der Waals surface area contributed by atoms with E-state index < -0.39 is 30.1 Å². The van der Waals surface area contributed by atoms with Crippen molar-refractivity contribution in [1.29, 1.82) is 0 Å². The maximum Gasteiger partial charge on any atom is 0.418 e. The zero-order valence-corrected chi connectivity index (χ0v) is 14.5. The summed E-state index contributed by atoms with van der Waals surface area (Å²) in [5.41, 5.74) is -0.599. The van der Waals surface area contributed by atoms with Gasteiger partial charge in [-0.25, -0.2) is 0 Å². The van der Waals surface area contributed by atoms with Crippen LogP contribution in [0.2, 0.25) is 0 Å². The van der Waals surface area contributed by atoms with Gasteiger partial charge in [0.05, 0.1) is 29.7 Å². The van der Waals surface area contributed by atoms with Gasteiger partial charge in [0.15, 0.2) is 0 Å². The molecule has 0 saturated carbocycles. The molecule has 0 aliphatic carbocycles. The van der Waals surface area contributed by atoms with Gasteiger partial charge in [-0.2, -0.15) is 13.2 Å². The molecule has 0 bridgehead atoms. The second-order valence-corrected chi connectivity index (χ2v) is 7.23. The zero-order valence-electron chi connectivity index (χ0n) is 14.5. The molecule has 3 N–H and O–H groups in total. The van der Waals surface area contributed by atoms with E-state index in [4.69, 9.17) is 0 Å². The third-order valence-corrected chi connectivity index (χ3v) is 5.46. The van der Waals surface area contributed by atoms with Crippen LogP contribution in [0.4, 0.5) is 18.9 Å². The molecular weight excluding hydrogens is 351 g/mol. The summed E-state index contributed by atoms with van der Waals surface area (Å²) in [5, 5.41) is 29.6. The first kappa shape index (κ1) is 19.3. The molecule has 0 spiro atoms. The van der Waals surface area contributed by atoms with Gasteiger partial charge < -0.3 is 20.2 Å². The first-order valence-corrected chi connectivity index (χ1v) is 8.73. The molecule has 2 aliphatic heterocycles. The summed E-state index contributed by atoms with van der Waals surface area (Å²) in [7, 11) is 0. The highest BCUT2D eigenvalue weighted by Gasteiger charge is 2.41. The molecule has 146 valence electrons. The minimum Gasteiger partial charge on any atom is -0.389 e. The van der Waals surface area contributed by atoms with Gasteiger partial charge >= 0.3 is 6.18 Å². The van der Waals surface area contributed by atoms with E-state index in [1.807, 2.05) is 4.90 Å². The molecule has 5 atom stereocenters. The topological polar surface area (TPSA) is 80.1 Å². The number of β-amino-alcohol motifs (C(OH)–C–C–N with tert-alkyl or cyclic N) is 1. The number of piperidine rings is 1. The monoisotopic (exact) mass is 375 g/mol. The lowest BCUT2D eigenvalue weighted by molar-refractivity contribution is -0.137. The van der Waals surface area contributed by atoms with Crippen LogP contribution in [0.5, 0.6) is 0 Å². The summed E-state index contributed by atoms with van der Waals surface area (Å²) in [4.78, 5) is 7.42. The van der Waals surface area contributed by atoms with Crippen molar-refractivity contribution < 1.29 is 28.5 Å². The second kappa shape index (κ2) is 7.30. The molecule has 2 fully saturated rings. The van der Waals surface area contributed by atoms with Gasteiger partial charge in [-0.05, 0) is 25.3 Å². The van der Waals surface area contributed by atoms with Gasteiger partial charge in [0.1, 0.15) is 6.10 Å². The molecule has 0 radical (unpaired) electrons. The van der Waals surface area contributed by atoms with E-state index in [1.165, 1.54) is 6.20 Å². The number of anilines is 1. The Balaban J connectivity index is 1.67. The highest BCUT2D eigenvalue weighted by atomic mass is 19.4. The molecule has 1 aromatic heterocycles. The Kier molecular flexibility index (Phi) is 5.43. The Hall–Kier alpha value is -1.42. The number of aromatic nitrogens is 1. The fourth-order valence-electron chi connectivity index (χ4n) is 3.89. The Morgan fingerprint density at radius 1 is 1.19 bits per heavy atom. The van der Waals surface area contributed by atoms with Crippen LogP contribution in [0.3, 0.4) is 0 Å². The van der Waals surface area contributed by atoms with Gasteiger partial charge in [-0.3, -0.25) is 9.88 Å². The quantitative estimate of drug-likeness (QED) is 0.722. The standard InChI is InChI=1S/C17H24F3N3O3/c1-10-15(25)16(26)14(24)9-23(10)8-11-3-5-22(7-11)13-6-21-4-2-12(13)17(18,19)20/h2,4,6,10-11,14-16,24-26H,3,5,7-9H2,1H3/t10-,11+,14+,15-,16-/m1/s1. The largest absolute Gasteiger partial charge is 0.418 e. The van der Waals surface area contributed by atoms with Crippen molar-refractivity contribution in [3.63, 3.8) is 0 Å². The molecule has 0 aromatic carbocycles. The van der Waals surface area contributed by atoms with Crippen molar-refractivity contribution in [3.05, 3.63) is 24.0 Å². The van der Waals surface area contributed by atoms with Gasteiger partial charge in [-0.15, -0.1) is 0 Å². The van der Waals surface area contributed by atoms with E-state index in [2.05, 4.69) is 4.98 Å². The third kappa shape index (κ3) is 3.80. The van der Waals surface area contributed by atoms with E-state index in [0.717, 1.165) is 12.3 Å². The van der Waals surface area contributed by atoms with E-state index in [0.29, 0.717) is 26.1 Å². The first-order valence-electron chi connectivity index (χ1n) is 8.73. The van der Waals surface area contributed by atoms with E-state index in [9.17, 15) is 28.5 Å². The number of rotatable bonds is 3. The molecule has 2 saturated heterocycles. The Morgan fingerprint density at radius 2 is 1.92 bits per heavy atom. The number of alkyl halides is 3. The van der Waals surface area contributed by atoms with Gasteiger partial charge in [-0.1, -0.05) is 0 Å². The lowest BCUT2D eigenvalue weighted by atomic mass is 9.93. The van der Waals surface area contributed by atoms with Gasteiger partial charge in [0.25, 0.3) is 0 Å². The molecule has 26 heavy (non-hydrogen) atoms. The molecule has 3 heterocycles. The lowest BCUT2D eigenvalue weighted by Gasteiger charge is -2.43. The zero-order chi connectivity index (χ0) is 19.1. The predicted molar refractivity (Wildman–Crippen MR) is 88.6 cm³/mol. The van der Waals surface area contributed by atoms with Crippen molar-refractivity contribution in [2.75, 3.05) is 31.1 Å². The molecule has 2 aliphatic rings. The Labute approximate surface area is 149 Å². The van der Waals surface area contributed by atoms with E-state index in [1.54, 1.807) is 11.8 Å². The van der Waals surface area contributed by atoms with E-state index in [-0.39, 0.29) is 24.2 Å². The lowest BCUT2D eigenvalue weighted by Crippen LogP contribution is -2.60. The van der Waals surface area contributed by atoms with Crippen molar-refractivity contribution in [3.8, 4) is 0 Å². The fourth-order valence-corrected chi connectivity index (χ4v) is 3.89. The minimum atomic E-state index is -4.43. The molecule has 6 nitrogen and oxygen atoms in total. The number of hydrogen-bond donors (Lipinski definition) is 3. The van der Waals surface area contributed by atoms with E-state index >= 15 is 0 Å². The Morgan fingerprint density at radius 3 is 2.62 bits per heavy atom. The van der Waals surface area contributed by atoms with Crippen LogP contribution in [0.1, 0.15) is 18.9 Å². The van der Waals surface area contributed by atoms with Crippen LogP contribution in [-0.4, -0.2) is 75.7 Å². The summed E-state index contributed by atoms with van der Waals surface area (Å²) in [6.07, 6.45) is -4.58. The highest BCUT2D eigenvalue weighted by Crippen LogP contribution is 2.37. The number of nitrogens with zero attached hydrogens (tertiary/aromatic N) is 3. The average molecular weight is 375 g/mol. The first-order chi connectivity index (χ1) is 12.2. The summed E-state index contributed by atoms with van der Waals surface area (Å²) < 4.78 is 39.6. The molecular formula is C17H24F3N3O3. The Bertz CT molecular complexity index is 631. The molecule has 0 amide bonds. The number of likely N-dealkylation sites (tertiary alicyclic amines) is 1. The number of aliphatic hydroxyl groups is 3. The number of halogens is 3. The SMILES string of the molecule is C[C@@H]1[C@@H](O)[C@H](O)[C@@H](O)CN1C[C@H]1CCN(c2cnccc2C(F)(F)F)C1. The summed E-state index contributed by atoms with van der Waals surface area (Å²) in [6, 6.07) is 0.662. The average Bonchev–Trinajstić information content (AvgIpc) is 3.05.